The highest BCUT2D eigenvalue weighted by Crippen LogP contribution is 2.63. The molecule has 0 aromatic rings. The van der Waals surface area contributed by atoms with Crippen LogP contribution in [0.15, 0.2) is 23.3 Å². The molecule has 0 saturated heterocycles. The highest BCUT2D eigenvalue weighted by atomic mass is 16.6. The second kappa shape index (κ2) is 6.57. The molecule has 5 heteroatoms. The number of esters is 2. The van der Waals surface area contributed by atoms with Crippen molar-refractivity contribution in [2.45, 2.75) is 78.4 Å². The normalized spacial score (nSPS) is 41.8. The number of ketones is 1. The summed E-state index contributed by atoms with van der Waals surface area (Å²) in [5.41, 5.74) is 2.00. The van der Waals surface area contributed by atoms with E-state index in [4.69, 9.17) is 9.47 Å². The summed E-state index contributed by atoms with van der Waals surface area (Å²) < 4.78 is 11.3. The number of Topliss-reactive ketones (excluding diaryl/α,β-unsaturated/α-hetero) is 1. The van der Waals surface area contributed by atoms with Crippen LogP contribution in [0.3, 0.4) is 0 Å². The Morgan fingerprint density at radius 1 is 1.04 bits per heavy atom. The maximum Gasteiger partial charge on any atom is 0.302 e. The van der Waals surface area contributed by atoms with Gasteiger partial charge < -0.3 is 9.47 Å². The Bertz CT molecular complexity index is 793. The molecule has 0 aromatic heterocycles. The van der Waals surface area contributed by atoms with E-state index in [0.717, 1.165) is 19.3 Å². The van der Waals surface area contributed by atoms with Crippen molar-refractivity contribution in [1.29, 1.82) is 0 Å². The molecule has 4 aliphatic rings. The molecule has 0 bridgehead atoms. The minimum atomic E-state index is -0.329. The van der Waals surface area contributed by atoms with E-state index in [1.807, 2.05) is 0 Å². The zero-order valence-electron chi connectivity index (χ0n) is 17.2. The fourth-order valence-electron chi connectivity index (χ4n) is 6.48. The smallest absolute Gasteiger partial charge is 0.302 e. The molecule has 0 unspecified atom stereocenters. The maximum absolute atomic E-state index is 12.6. The third-order valence-corrected chi connectivity index (χ3v) is 7.95. The molecule has 152 valence electrons. The van der Waals surface area contributed by atoms with Gasteiger partial charge in [-0.1, -0.05) is 37.1 Å². The number of rotatable bonds is 2. The molecule has 0 N–H and O–H groups in total. The highest BCUT2D eigenvalue weighted by Gasteiger charge is 2.59. The molecule has 5 nitrogen and oxygen atoms in total. The fourth-order valence-corrected chi connectivity index (χ4v) is 6.48. The van der Waals surface area contributed by atoms with Gasteiger partial charge in [0.05, 0.1) is 0 Å². The van der Waals surface area contributed by atoms with E-state index in [0.29, 0.717) is 25.0 Å². The second-order valence-corrected chi connectivity index (χ2v) is 9.43. The fraction of sp³-hybridized carbons (Fsp3) is 0.696. The van der Waals surface area contributed by atoms with Crippen LogP contribution >= 0.6 is 0 Å². The van der Waals surface area contributed by atoms with Crippen molar-refractivity contribution in [3.05, 3.63) is 23.3 Å². The van der Waals surface area contributed by atoms with Gasteiger partial charge in [0.15, 0.2) is 0 Å². The van der Waals surface area contributed by atoms with E-state index in [1.165, 1.54) is 25.0 Å². The minimum Gasteiger partial charge on any atom is -0.462 e. The number of fused-ring (bicyclic) bond motifs is 5. The lowest BCUT2D eigenvalue weighted by atomic mass is 9.50. The van der Waals surface area contributed by atoms with Gasteiger partial charge in [0.1, 0.15) is 18.0 Å². The zero-order valence-corrected chi connectivity index (χ0v) is 17.2. The summed E-state index contributed by atoms with van der Waals surface area (Å²) >= 11 is 0. The average Bonchev–Trinajstić information content (AvgIpc) is 2.90. The molecule has 0 aromatic carbocycles. The van der Waals surface area contributed by atoms with E-state index in [-0.39, 0.29) is 46.8 Å². The number of carbonyl (C=O) groups is 3. The lowest BCUT2D eigenvalue weighted by Gasteiger charge is -2.55. The van der Waals surface area contributed by atoms with Crippen molar-refractivity contribution >= 4 is 17.7 Å². The van der Waals surface area contributed by atoms with Gasteiger partial charge in [0, 0.05) is 43.9 Å². The molecule has 0 spiro atoms. The van der Waals surface area contributed by atoms with Crippen molar-refractivity contribution < 1.29 is 23.9 Å². The third-order valence-electron chi connectivity index (χ3n) is 7.95. The first kappa shape index (κ1) is 19.4. The van der Waals surface area contributed by atoms with Crippen molar-refractivity contribution in [2.24, 2.45) is 22.7 Å². The van der Waals surface area contributed by atoms with Gasteiger partial charge in [-0.25, -0.2) is 0 Å². The Kier molecular flexibility index (Phi) is 4.55. The number of hydrogen-bond acceptors (Lipinski definition) is 5. The average molecular weight is 386 g/mol. The van der Waals surface area contributed by atoms with Gasteiger partial charge in [0.2, 0.25) is 0 Å². The van der Waals surface area contributed by atoms with Crippen LogP contribution in [0.2, 0.25) is 0 Å². The van der Waals surface area contributed by atoms with Crippen molar-refractivity contribution in [1.82, 2.24) is 0 Å². The largest absolute Gasteiger partial charge is 0.462 e. The van der Waals surface area contributed by atoms with Crippen molar-refractivity contribution in [3.8, 4) is 0 Å². The molecule has 0 heterocycles. The predicted molar refractivity (Wildman–Crippen MR) is 103 cm³/mol. The van der Waals surface area contributed by atoms with E-state index in [1.54, 1.807) is 0 Å². The quantitative estimate of drug-likeness (QED) is 0.673. The topological polar surface area (TPSA) is 69.7 Å². The SMILES string of the molecule is CC(=O)O[C@@H]1CC2=CC=C3[C@H](CC[C@]4(C)C(=O)CC[C@@H]34)[C@@]2(C)[C@@H](OC(C)=O)C1. The molecule has 6 atom stereocenters. The van der Waals surface area contributed by atoms with Crippen LogP contribution in [0.25, 0.3) is 0 Å². The minimum absolute atomic E-state index is 0.240. The monoisotopic (exact) mass is 386 g/mol. The number of hydrogen-bond donors (Lipinski definition) is 0. The standard InChI is InChI=1S/C23H30O5/c1-13(24)27-16-11-15-5-6-17-18-7-8-20(26)22(18,3)10-9-19(17)23(15,4)21(12-16)28-14(2)25/h5-6,16,18-19,21H,7-12H2,1-4H3/t16-,18+,19+,21+,22+,23+/m1/s1. The van der Waals surface area contributed by atoms with Crippen LogP contribution in [0.4, 0.5) is 0 Å². The van der Waals surface area contributed by atoms with E-state index < -0.39 is 0 Å². The van der Waals surface area contributed by atoms with E-state index >= 15 is 0 Å². The molecular weight excluding hydrogens is 356 g/mol. The predicted octanol–water partition coefficient (Wildman–Crippen LogP) is 3.91. The zero-order chi connectivity index (χ0) is 20.3. The number of allylic oxidation sites excluding steroid dienone is 3. The third kappa shape index (κ3) is 2.77. The van der Waals surface area contributed by atoms with Crippen molar-refractivity contribution in [2.75, 3.05) is 0 Å². The summed E-state index contributed by atoms with van der Waals surface area (Å²) in [5.74, 6) is 0.339. The number of carbonyl (C=O) groups excluding carboxylic acids is 3. The van der Waals surface area contributed by atoms with Gasteiger partial charge in [-0.3, -0.25) is 14.4 Å². The first-order chi connectivity index (χ1) is 13.2. The lowest BCUT2D eigenvalue weighted by molar-refractivity contribution is -0.165. The Labute approximate surface area is 166 Å². The molecule has 0 amide bonds. The molecule has 0 radical (unpaired) electrons. The maximum atomic E-state index is 12.6. The second-order valence-electron chi connectivity index (χ2n) is 9.43. The van der Waals surface area contributed by atoms with Crippen LogP contribution in [0.1, 0.15) is 66.2 Å². The molecule has 28 heavy (non-hydrogen) atoms. The summed E-state index contributed by atoms with van der Waals surface area (Å²) in [6, 6.07) is 0. The first-order valence-electron chi connectivity index (χ1n) is 10.4. The molecule has 3 fully saturated rings. The Morgan fingerprint density at radius 2 is 1.75 bits per heavy atom. The van der Waals surface area contributed by atoms with E-state index in [2.05, 4.69) is 26.0 Å². The molecule has 4 aliphatic carbocycles. The van der Waals surface area contributed by atoms with Crippen LogP contribution in [-0.2, 0) is 23.9 Å². The van der Waals surface area contributed by atoms with Crippen molar-refractivity contribution in [3.63, 3.8) is 0 Å². The summed E-state index contributed by atoms with van der Waals surface area (Å²) in [6.45, 7) is 7.19. The molecular formula is C23H30O5. The Morgan fingerprint density at radius 3 is 2.43 bits per heavy atom. The van der Waals surface area contributed by atoms with Gasteiger partial charge in [-0.2, -0.15) is 0 Å². The van der Waals surface area contributed by atoms with E-state index in [9.17, 15) is 14.4 Å². The first-order valence-corrected chi connectivity index (χ1v) is 10.4. The van der Waals surface area contributed by atoms with Crippen LogP contribution in [0, 0.1) is 22.7 Å². The van der Waals surface area contributed by atoms with Gasteiger partial charge in [-0.05, 0) is 31.1 Å². The van der Waals surface area contributed by atoms with Gasteiger partial charge >= 0.3 is 11.9 Å². The summed E-state index contributed by atoms with van der Waals surface area (Å²) in [4.78, 5) is 36.0. The Hall–Kier alpha value is -1.91. The molecule has 3 saturated carbocycles. The van der Waals surface area contributed by atoms with Crippen LogP contribution < -0.4 is 0 Å². The number of ether oxygens (including phenoxy) is 2. The van der Waals surface area contributed by atoms with Gasteiger partial charge in [0.25, 0.3) is 0 Å². The summed E-state index contributed by atoms with van der Waals surface area (Å²) in [5, 5.41) is 0. The summed E-state index contributed by atoms with van der Waals surface area (Å²) in [7, 11) is 0. The Balaban J connectivity index is 1.73. The summed E-state index contributed by atoms with van der Waals surface area (Å²) in [6.07, 6.45) is 8.37. The van der Waals surface area contributed by atoms with Crippen LogP contribution in [0.5, 0.6) is 0 Å². The van der Waals surface area contributed by atoms with Crippen LogP contribution in [-0.4, -0.2) is 29.9 Å². The molecule has 0 aliphatic heterocycles. The van der Waals surface area contributed by atoms with Gasteiger partial charge in [-0.15, -0.1) is 0 Å². The lowest BCUT2D eigenvalue weighted by Crippen LogP contribution is -2.54. The highest BCUT2D eigenvalue weighted by molar-refractivity contribution is 5.88. The molecule has 4 rings (SSSR count).